The summed E-state index contributed by atoms with van der Waals surface area (Å²) in [7, 11) is 0. The SMILES string of the molecule is CC(=O)CCC(=O)OCCCCC(C)(C)C(C)(C)C. The van der Waals surface area contributed by atoms with E-state index in [1.54, 1.807) is 0 Å². The van der Waals surface area contributed by atoms with E-state index >= 15 is 0 Å². The highest BCUT2D eigenvalue weighted by atomic mass is 16.5. The molecule has 3 nitrogen and oxygen atoms in total. The van der Waals surface area contributed by atoms with Crippen LogP contribution in [-0.4, -0.2) is 18.4 Å². The molecule has 0 aliphatic heterocycles. The third-order valence-corrected chi connectivity index (χ3v) is 4.17. The normalized spacial score (nSPS) is 12.3. The zero-order valence-electron chi connectivity index (χ0n) is 13.5. The maximum absolute atomic E-state index is 11.3. The maximum Gasteiger partial charge on any atom is 0.306 e. The van der Waals surface area contributed by atoms with Crippen LogP contribution in [0.4, 0.5) is 0 Å². The minimum Gasteiger partial charge on any atom is -0.466 e. The van der Waals surface area contributed by atoms with Gasteiger partial charge in [-0.1, -0.05) is 34.6 Å². The molecule has 3 heteroatoms. The Morgan fingerprint density at radius 2 is 1.53 bits per heavy atom. The number of hydrogen-bond acceptors (Lipinski definition) is 3. The molecule has 0 spiro atoms. The smallest absolute Gasteiger partial charge is 0.306 e. The quantitative estimate of drug-likeness (QED) is 0.492. The summed E-state index contributed by atoms with van der Waals surface area (Å²) in [6.45, 7) is 13.3. The Kier molecular flexibility index (Phi) is 7.32. The lowest BCUT2D eigenvalue weighted by atomic mass is 9.67. The Bertz CT molecular complexity index is 298. The molecule has 0 amide bonds. The summed E-state index contributed by atoms with van der Waals surface area (Å²) >= 11 is 0. The van der Waals surface area contributed by atoms with Crippen LogP contribution in [0.25, 0.3) is 0 Å². The average Bonchev–Trinajstić information content (AvgIpc) is 2.24. The molecule has 112 valence electrons. The van der Waals surface area contributed by atoms with Gasteiger partial charge in [0.05, 0.1) is 13.0 Å². The first-order valence-corrected chi connectivity index (χ1v) is 7.21. The molecular formula is C16H30O3. The lowest BCUT2D eigenvalue weighted by Crippen LogP contribution is -2.29. The van der Waals surface area contributed by atoms with E-state index in [1.807, 2.05) is 0 Å². The molecule has 0 unspecified atom stereocenters. The molecule has 0 heterocycles. The van der Waals surface area contributed by atoms with E-state index in [2.05, 4.69) is 34.6 Å². The van der Waals surface area contributed by atoms with Gasteiger partial charge in [-0.3, -0.25) is 4.79 Å². The van der Waals surface area contributed by atoms with Gasteiger partial charge in [0, 0.05) is 6.42 Å². The minimum atomic E-state index is -0.259. The summed E-state index contributed by atoms with van der Waals surface area (Å²) in [5, 5.41) is 0. The van der Waals surface area contributed by atoms with Gasteiger partial charge >= 0.3 is 5.97 Å². The number of rotatable bonds is 8. The predicted octanol–water partition coefficient (Wildman–Crippen LogP) is 4.14. The van der Waals surface area contributed by atoms with Crippen molar-refractivity contribution >= 4 is 11.8 Å². The Hall–Kier alpha value is -0.860. The van der Waals surface area contributed by atoms with Crippen LogP contribution in [0, 0.1) is 10.8 Å². The van der Waals surface area contributed by atoms with Gasteiger partial charge in [-0.2, -0.15) is 0 Å². The molecular weight excluding hydrogens is 240 g/mol. The summed E-state index contributed by atoms with van der Waals surface area (Å²) in [4.78, 5) is 22.0. The van der Waals surface area contributed by atoms with Crippen LogP contribution in [0.2, 0.25) is 0 Å². The number of unbranched alkanes of at least 4 members (excludes halogenated alkanes) is 1. The molecule has 0 aliphatic carbocycles. The fourth-order valence-electron chi connectivity index (χ4n) is 1.58. The second kappa shape index (κ2) is 7.66. The predicted molar refractivity (Wildman–Crippen MR) is 78.0 cm³/mol. The van der Waals surface area contributed by atoms with Crippen LogP contribution in [0.15, 0.2) is 0 Å². The highest BCUT2D eigenvalue weighted by molar-refractivity contribution is 5.80. The van der Waals surface area contributed by atoms with Crippen molar-refractivity contribution < 1.29 is 14.3 Å². The van der Waals surface area contributed by atoms with Gasteiger partial charge in [0.2, 0.25) is 0 Å². The molecule has 0 rings (SSSR count). The molecule has 0 aliphatic rings. The number of carbonyl (C=O) groups is 2. The van der Waals surface area contributed by atoms with Crippen molar-refractivity contribution in [2.45, 2.75) is 73.6 Å². The molecule has 0 fully saturated rings. The second-order valence-electron chi connectivity index (χ2n) is 7.01. The Labute approximate surface area is 118 Å². The van der Waals surface area contributed by atoms with Gasteiger partial charge < -0.3 is 9.53 Å². The van der Waals surface area contributed by atoms with E-state index in [-0.39, 0.29) is 35.4 Å². The van der Waals surface area contributed by atoms with Crippen molar-refractivity contribution in [2.24, 2.45) is 10.8 Å². The van der Waals surface area contributed by atoms with Crippen molar-refractivity contribution in [3.8, 4) is 0 Å². The largest absolute Gasteiger partial charge is 0.466 e. The summed E-state index contributed by atoms with van der Waals surface area (Å²) in [6.07, 6.45) is 3.58. The summed E-state index contributed by atoms with van der Waals surface area (Å²) in [5.41, 5.74) is 0.566. The van der Waals surface area contributed by atoms with Crippen LogP contribution >= 0.6 is 0 Å². The average molecular weight is 270 g/mol. The molecule has 0 bridgehead atoms. The standard InChI is InChI=1S/C16H30O3/c1-13(17)9-10-14(18)19-12-8-7-11-16(5,6)15(2,3)4/h7-12H2,1-6H3. The highest BCUT2D eigenvalue weighted by Gasteiger charge is 2.31. The van der Waals surface area contributed by atoms with E-state index in [9.17, 15) is 9.59 Å². The fourth-order valence-corrected chi connectivity index (χ4v) is 1.58. The van der Waals surface area contributed by atoms with E-state index < -0.39 is 0 Å². The number of ketones is 1. The van der Waals surface area contributed by atoms with Crippen LogP contribution in [0.5, 0.6) is 0 Å². The van der Waals surface area contributed by atoms with Crippen LogP contribution in [0.3, 0.4) is 0 Å². The van der Waals surface area contributed by atoms with Crippen LogP contribution in [0.1, 0.15) is 73.6 Å². The number of hydrogen-bond donors (Lipinski definition) is 0. The van der Waals surface area contributed by atoms with Crippen LogP contribution in [-0.2, 0) is 14.3 Å². The van der Waals surface area contributed by atoms with Gasteiger partial charge in [0.25, 0.3) is 0 Å². The lowest BCUT2D eigenvalue weighted by Gasteiger charge is -2.39. The molecule has 0 atom stereocenters. The number of Topliss-reactive ketones (excluding diaryl/α,β-unsaturated/α-hetero) is 1. The van der Waals surface area contributed by atoms with Crippen molar-refractivity contribution in [1.82, 2.24) is 0 Å². The molecule has 0 N–H and O–H groups in total. The zero-order chi connectivity index (χ0) is 15.1. The zero-order valence-corrected chi connectivity index (χ0v) is 13.5. The van der Waals surface area contributed by atoms with Crippen molar-refractivity contribution in [3.63, 3.8) is 0 Å². The summed E-state index contributed by atoms with van der Waals surface area (Å²) < 4.78 is 5.10. The maximum atomic E-state index is 11.3. The minimum absolute atomic E-state index is 0.0314. The van der Waals surface area contributed by atoms with Gasteiger partial charge in [0.1, 0.15) is 5.78 Å². The van der Waals surface area contributed by atoms with Gasteiger partial charge in [0.15, 0.2) is 0 Å². The summed E-state index contributed by atoms with van der Waals surface area (Å²) in [6, 6.07) is 0. The third-order valence-electron chi connectivity index (χ3n) is 4.17. The van der Waals surface area contributed by atoms with E-state index in [1.165, 1.54) is 6.92 Å². The van der Waals surface area contributed by atoms with E-state index in [4.69, 9.17) is 4.74 Å². The first kappa shape index (κ1) is 18.1. The van der Waals surface area contributed by atoms with Gasteiger partial charge in [-0.05, 0) is 37.0 Å². The Morgan fingerprint density at radius 3 is 2.00 bits per heavy atom. The summed E-state index contributed by atoms with van der Waals surface area (Å²) in [5.74, 6) is -0.228. The molecule has 0 aromatic heterocycles. The van der Waals surface area contributed by atoms with Gasteiger partial charge in [-0.25, -0.2) is 0 Å². The van der Waals surface area contributed by atoms with Crippen molar-refractivity contribution in [3.05, 3.63) is 0 Å². The number of esters is 1. The number of ether oxygens (including phenoxy) is 1. The lowest BCUT2D eigenvalue weighted by molar-refractivity contribution is -0.144. The van der Waals surface area contributed by atoms with Crippen molar-refractivity contribution in [2.75, 3.05) is 6.61 Å². The second-order valence-corrected chi connectivity index (χ2v) is 7.01. The Morgan fingerprint density at radius 1 is 0.947 bits per heavy atom. The Balaban J connectivity index is 3.71. The third kappa shape index (κ3) is 8.02. The number of carbonyl (C=O) groups excluding carboxylic acids is 2. The molecule has 0 saturated heterocycles. The first-order valence-electron chi connectivity index (χ1n) is 7.21. The van der Waals surface area contributed by atoms with Gasteiger partial charge in [-0.15, -0.1) is 0 Å². The molecule has 0 aromatic rings. The molecule has 0 aromatic carbocycles. The van der Waals surface area contributed by atoms with E-state index in [0.29, 0.717) is 6.61 Å². The monoisotopic (exact) mass is 270 g/mol. The van der Waals surface area contributed by atoms with E-state index in [0.717, 1.165) is 19.3 Å². The topological polar surface area (TPSA) is 43.4 Å². The van der Waals surface area contributed by atoms with Crippen LogP contribution < -0.4 is 0 Å². The van der Waals surface area contributed by atoms with Crippen molar-refractivity contribution in [1.29, 1.82) is 0 Å². The molecule has 0 radical (unpaired) electrons. The highest BCUT2D eigenvalue weighted by Crippen LogP contribution is 2.41. The molecule has 19 heavy (non-hydrogen) atoms. The fraction of sp³-hybridized carbons (Fsp3) is 0.875. The first-order chi connectivity index (χ1) is 8.56. The molecule has 0 saturated carbocycles.